The van der Waals surface area contributed by atoms with Crippen molar-refractivity contribution >= 4 is 0 Å². The van der Waals surface area contributed by atoms with Gasteiger partial charge in [-0.1, -0.05) is 0 Å². The van der Waals surface area contributed by atoms with Crippen molar-refractivity contribution < 1.29 is 9.47 Å². The van der Waals surface area contributed by atoms with Crippen LogP contribution in [0.1, 0.15) is 31.7 Å². The predicted molar refractivity (Wildman–Crippen MR) is 70.8 cm³/mol. The van der Waals surface area contributed by atoms with Crippen molar-refractivity contribution in [1.29, 1.82) is 0 Å². The predicted octanol–water partition coefficient (Wildman–Crippen LogP) is 2.06. The van der Waals surface area contributed by atoms with Crippen LogP contribution in [0, 0.1) is 6.92 Å². The Bertz CT molecular complexity index is 422. The number of nitrogens with zero attached hydrogens (tertiary/aromatic N) is 1. The van der Waals surface area contributed by atoms with Crippen molar-refractivity contribution in [2.45, 2.75) is 45.4 Å². The Morgan fingerprint density at radius 1 is 1.56 bits per heavy atom. The molecule has 1 aliphatic heterocycles. The van der Waals surface area contributed by atoms with Crippen molar-refractivity contribution in [1.82, 2.24) is 10.3 Å². The molecule has 2 atom stereocenters. The average molecular weight is 250 g/mol. The molecule has 1 saturated heterocycles. The minimum absolute atomic E-state index is 0.0403. The van der Waals surface area contributed by atoms with Crippen molar-refractivity contribution in [3.63, 3.8) is 0 Å². The van der Waals surface area contributed by atoms with Gasteiger partial charge in [-0.3, -0.25) is 4.98 Å². The number of nitrogens with one attached hydrogen (secondary N) is 1. The molecule has 0 bridgehead atoms. The average Bonchev–Trinajstić information content (AvgIpc) is 2.67. The fraction of sp³-hybridized carbons (Fsp3) is 0.643. The molecular weight excluding hydrogens is 228 g/mol. The maximum Gasteiger partial charge on any atom is 0.122 e. The number of rotatable bonds is 4. The van der Waals surface area contributed by atoms with E-state index in [1.165, 1.54) is 0 Å². The van der Waals surface area contributed by atoms with E-state index in [9.17, 15) is 0 Å². The molecule has 1 aromatic rings. The van der Waals surface area contributed by atoms with Gasteiger partial charge in [0.15, 0.2) is 0 Å². The number of aryl methyl sites for hydroxylation is 1. The van der Waals surface area contributed by atoms with Crippen LogP contribution in [0.3, 0.4) is 0 Å². The molecule has 18 heavy (non-hydrogen) atoms. The van der Waals surface area contributed by atoms with E-state index in [0.29, 0.717) is 0 Å². The van der Waals surface area contributed by atoms with E-state index < -0.39 is 0 Å². The molecule has 0 aromatic carbocycles. The highest BCUT2D eigenvalue weighted by Gasteiger charge is 2.36. The summed E-state index contributed by atoms with van der Waals surface area (Å²) in [5, 5.41) is 3.56. The molecule has 0 spiro atoms. The van der Waals surface area contributed by atoms with Crippen LogP contribution < -0.4 is 10.1 Å². The molecule has 1 aliphatic rings. The summed E-state index contributed by atoms with van der Waals surface area (Å²) in [6.45, 7) is 7.87. The van der Waals surface area contributed by atoms with E-state index in [1.807, 2.05) is 19.1 Å². The third-order valence-electron chi connectivity index (χ3n) is 3.78. The molecule has 100 valence electrons. The first-order valence-corrected chi connectivity index (χ1v) is 6.42. The van der Waals surface area contributed by atoms with E-state index in [4.69, 9.17) is 9.47 Å². The van der Waals surface area contributed by atoms with Crippen LogP contribution in [-0.4, -0.2) is 30.3 Å². The van der Waals surface area contributed by atoms with Crippen LogP contribution in [0.4, 0.5) is 0 Å². The van der Waals surface area contributed by atoms with Crippen LogP contribution in [0.15, 0.2) is 12.1 Å². The normalized spacial score (nSPS) is 27.4. The third kappa shape index (κ3) is 2.82. The van der Waals surface area contributed by atoms with E-state index >= 15 is 0 Å². The SMILES string of the molecule is COc1cc(C)nc(CNC2(C)CCOC2C)c1. The Morgan fingerprint density at radius 3 is 2.94 bits per heavy atom. The summed E-state index contributed by atoms with van der Waals surface area (Å²) >= 11 is 0. The van der Waals surface area contributed by atoms with Crippen LogP contribution in [0.5, 0.6) is 5.75 Å². The Balaban J connectivity index is 2.04. The van der Waals surface area contributed by atoms with Gasteiger partial charge in [0, 0.05) is 36.5 Å². The van der Waals surface area contributed by atoms with Gasteiger partial charge in [-0.15, -0.1) is 0 Å². The molecule has 2 heterocycles. The molecular formula is C14H22N2O2. The van der Waals surface area contributed by atoms with Gasteiger partial charge in [-0.05, 0) is 27.2 Å². The second-order valence-corrected chi connectivity index (χ2v) is 5.17. The molecule has 1 N–H and O–H groups in total. The highest BCUT2D eigenvalue weighted by molar-refractivity contribution is 5.26. The zero-order chi connectivity index (χ0) is 13.2. The zero-order valence-corrected chi connectivity index (χ0v) is 11.6. The maximum atomic E-state index is 5.62. The second-order valence-electron chi connectivity index (χ2n) is 5.17. The van der Waals surface area contributed by atoms with E-state index in [-0.39, 0.29) is 11.6 Å². The number of methoxy groups -OCH3 is 1. The Labute approximate surface area is 109 Å². The van der Waals surface area contributed by atoms with Crippen LogP contribution in [-0.2, 0) is 11.3 Å². The lowest BCUT2D eigenvalue weighted by atomic mass is 9.94. The number of hydrogen-bond acceptors (Lipinski definition) is 4. The van der Waals surface area contributed by atoms with Gasteiger partial charge >= 0.3 is 0 Å². The van der Waals surface area contributed by atoms with Gasteiger partial charge in [-0.2, -0.15) is 0 Å². The molecule has 2 unspecified atom stereocenters. The summed E-state index contributed by atoms with van der Waals surface area (Å²) in [7, 11) is 1.68. The molecule has 1 fully saturated rings. The first-order chi connectivity index (χ1) is 8.53. The Morgan fingerprint density at radius 2 is 2.33 bits per heavy atom. The topological polar surface area (TPSA) is 43.4 Å². The number of aromatic nitrogens is 1. The molecule has 2 rings (SSSR count). The lowest BCUT2D eigenvalue weighted by Crippen LogP contribution is -2.47. The van der Waals surface area contributed by atoms with Crippen molar-refractivity contribution in [3.05, 3.63) is 23.5 Å². The lowest BCUT2D eigenvalue weighted by molar-refractivity contribution is 0.0880. The zero-order valence-electron chi connectivity index (χ0n) is 11.6. The summed E-state index contributed by atoms with van der Waals surface area (Å²) in [4.78, 5) is 4.52. The maximum absolute atomic E-state index is 5.62. The van der Waals surface area contributed by atoms with E-state index in [2.05, 4.69) is 24.1 Å². The first kappa shape index (κ1) is 13.3. The van der Waals surface area contributed by atoms with Gasteiger partial charge in [0.1, 0.15) is 5.75 Å². The summed E-state index contributed by atoms with van der Waals surface area (Å²) in [5.41, 5.74) is 2.03. The summed E-state index contributed by atoms with van der Waals surface area (Å²) < 4.78 is 10.9. The van der Waals surface area contributed by atoms with Crippen molar-refractivity contribution in [2.75, 3.05) is 13.7 Å². The Hall–Kier alpha value is -1.13. The Kier molecular flexibility index (Phi) is 3.88. The largest absolute Gasteiger partial charge is 0.497 e. The van der Waals surface area contributed by atoms with Crippen molar-refractivity contribution in [2.24, 2.45) is 0 Å². The van der Waals surface area contributed by atoms with Crippen LogP contribution in [0.25, 0.3) is 0 Å². The molecule has 0 saturated carbocycles. The smallest absolute Gasteiger partial charge is 0.122 e. The standard InChI is InChI=1S/C14H22N2O2/c1-10-7-13(17-4)8-12(16-10)9-15-14(3)5-6-18-11(14)2/h7-8,11,15H,5-6,9H2,1-4H3. The van der Waals surface area contributed by atoms with Gasteiger partial charge in [-0.25, -0.2) is 0 Å². The molecule has 4 nitrogen and oxygen atoms in total. The highest BCUT2D eigenvalue weighted by Crippen LogP contribution is 2.25. The van der Waals surface area contributed by atoms with Gasteiger partial charge in [0.05, 0.1) is 18.9 Å². The first-order valence-electron chi connectivity index (χ1n) is 6.42. The number of hydrogen-bond donors (Lipinski definition) is 1. The second kappa shape index (κ2) is 5.24. The lowest BCUT2D eigenvalue weighted by Gasteiger charge is -2.29. The summed E-state index contributed by atoms with van der Waals surface area (Å²) in [6, 6.07) is 3.91. The van der Waals surface area contributed by atoms with Gasteiger partial charge < -0.3 is 14.8 Å². The van der Waals surface area contributed by atoms with E-state index in [1.54, 1.807) is 7.11 Å². The third-order valence-corrected chi connectivity index (χ3v) is 3.78. The fourth-order valence-electron chi connectivity index (χ4n) is 2.27. The molecule has 0 amide bonds. The summed E-state index contributed by atoms with van der Waals surface area (Å²) in [6.07, 6.45) is 1.28. The van der Waals surface area contributed by atoms with Crippen LogP contribution >= 0.6 is 0 Å². The van der Waals surface area contributed by atoms with Gasteiger partial charge in [0.25, 0.3) is 0 Å². The molecule has 4 heteroatoms. The van der Waals surface area contributed by atoms with Crippen LogP contribution in [0.2, 0.25) is 0 Å². The van der Waals surface area contributed by atoms with Gasteiger partial charge in [0.2, 0.25) is 0 Å². The molecule has 0 radical (unpaired) electrons. The monoisotopic (exact) mass is 250 g/mol. The highest BCUT2D eigenvalue weighted by atomic mass is 16.5. The quantitative estimate of drug-likeness (QED) is 0.888. The number of pyridine rings is 1. The minimum Gasteiger partial charge on any atom is -0.497 e. The summed E-state index contributed by atoms with van der Waals surface area (Å²) in [5.74, 6) is 0.861. The molecule has 1 aromatic heterocycles. The van der Waals surface area contributed by atoms with Crippen molar-refractivity contribution in [3.8, 4) is 5.75 Å². The fourth-order valence-corrected chi connectivity index (χ4v) is 2.27. The number of ether oxygens (including phenoxy) is 2. The van der Waals surface area contributed by atoms with E-state index in [0.717, 1.165) is 36.7 Å². The molecule has 0 aliphatic carbocycles. The minimum atomic E-state index is 0.0403.